The van der Waals surface area contributed by atoms with Crippen molar-refractivity contribution in [1.82, 2.24) is 10.6 Å². The predicted octanol–water partition coefficient (Wildman–Crippen LogP) is 3.89. The second-order valence-corrected chi connectivity index (χ2v) is 7.99. The Morgan fingerprint density at radius 2 is 1.21 bits per heavy atom. The van der Waals surface area contributed by atoms with Crippen molar-refractivity contribution in [3.8, 4) is 0 Å². The number of benzene rings is 3. The van der Waals surface area contributed by atoms with Crippen molar-refractivity contribution in [1.29, 1.82) is 0 Å². The monoisotopic (exact) mass is 444 g/mol. The molecule has 3 aromatic carbocycles. The molecule has 2 N–H and O–H groups in total. The number of rotatable bonds is 9. The summed E-state index contributed by atoms with van der Waals surface area (Å²) < 4.78 is 5.27. The average molecular weight is 445 g/mol. The van der Waals surface area contributed by atoms with Crippen LogP contribution in [0.25, 0.3) is 0 Å². The van der Waals surface area contributed by atoms with Gasteiger partial charge in [0.15, 0.2) is 6.61 Å². The molecule has 0 spiro atoms. The van der Waals surface area contributed by atoms with Gasteiger partial charge in [-0.1, -0.05) is 92.7 Å². The van der Waals surface area contributed by atoms with Crippen LogP contribution in [0.4, 0.5) is 0 Å². The van der Waals surface area contributed by atoms with Crippen molar-refractivity contribution in [3.63, 3.8) is 0 Å². The molecule has 0 aliphatic heterocycles. The van der Waals surface area contributed by atoms with E-state index in [-0.39, 0.29) is 17.9 Å². The Hall–Kier alpha value is -3.93. The van der Waals surface area contributed by atoms with Crippen LogP contribution in [0.15, 0.2) is 91.0 Å². The van der Waals surface area contributed by atoms with E-state index in [1.54, 1.807) is 38.1 Å². The van der Waals surface area contributed by atoms with Gasteiger partial charge in [-0.2, -0.15) is 0 Å². The van der Waals surface area contributed by atoms with Crippen LogP contribution in [-0.4, -0.2) is 30.4 Å². The van der Waals surface area contributed by atoms with Crippen LogP contribution in [0, 0.1) is 5.92 Å². The van der Waals surface area contributed by atoms with E-state index < -0.39 is 24.5 Å². The smallest absolute Gasteiger partial charge is 0.329 e. The summed E-state index contributed by atoms with van der Waals surface area (Å²) in [6, 6.07) is 26.5. The number of esters is 1. The van der Waals surface area contributed by atoms with E-state index >= 15 is 0 Å². The van der Waals surface area contributed by atoms with Crippen molar-refractivity contribution in [2.24, 2.45) is 5.92 Å². The molecule has 6 nitrogen and oxygen atoms in total. The second kappa shape index (κ2) is 11.6. The highest BCUT2D eigenvalue weighted by Gasteiger charge is 2.27. The minimum atomic E-state index is -0.871. The molecular weight excluding hydrogens is 416 g/mol. The average Bonchev–Trinajstić information content (AvgIpc) is 2.85. The third-order valence-electron chi connectivity index (χ3n) is 5.16. The fourth-order valence-corrected chi connectivity index (χ4v) is 3.39. The summed E-state index contributed by atoms with van der Waals surface area (Å²) in [5, 5.41) is 5.64. The van der Waals surface area contributed by atoms with Crippen molar-refractivity contribution < 1.29 is 19.1 Å². The highest BCUT2D eigenvalue weighted by molar-refractivity contribution is 5.97. The van der Waals surface area contributed by atoms with Crippen molar-refractivity contribution in [2.45, 2.75) is 25.9 Å². The minimum Gasteiger partial charge on any atom is -0.454 e. The largest absolute Gasteiger partial charge is 0.454 e. The number of amides is 2. The van der Waals surface area contributed by atoms with Gasteiger partial charge in [-0.05, 0) is 29.2 Å². The van der Waals surface area contributed by atoms with Crippen LogP contribution in [0.5, 0.6) is 0 Å². The fourth-order valence-electron chi connectivity index (χ4n) is 3.39. The molecule has 2 amide bonds. The lowest BCUT2D eigenvalue weighted by Crippen LogP contribution is -2.46. The van der Waals surface area contributed by atoms with E-state index in [1.807, 2.05) is 66.7 Å². The molecule has 3 rings (SSSR count). The van der Waals surface area contributed by atoms with Gasteiger partial charge < -0.3 is 15.4 Å². The molecule has 0 fully saturated rings. The first-order valence-corrected chi connectivity index (χ1v) is 10.9. The van der Waals surface area contributed by atoms with Gasteiger partial charge in [0.2, 0.25) is 0 Å². The zero-order chi connectivity index (χ0) is 23.6. The first-order chi connectivity index (χ1) is 16.0. The Balaban J connectivity index is 1.62. The Morgan fingerprint density at radius 3 is 1.70 bits per heavy atom. The summed E-state index contributed by atoms with van der Waals surface area (Å²) >= 11 is 0. The molecule has 0 heterocycles. The van der Waals surface area contributed by atoms with Gasteiger partial charge in [-0.15, -0.1) is 0 Å². The second-order valence-electron chi connectivity index (χ2n) is 7.99. The molecule has 0 radical (unpaired) electrons. The molecule has 0 saturated carbocycles. The van der Waals surface area contributed by atoms with E-state index in [9.17, 15) is 14.4 Å². The summed E-state index contributed by atoms with van der Waals surface area (Å²) in [4.78, 5) is 37.8. The Bertz CT molecular complexity index is 1010. The molecule has 170 valence electrons. The number of carbonyl (C=O) groups excluding carboxylic acids is 3. The molecule has 33 heavy (non-hydrogen) atoms. The van der Waals surface area contributed by atoms with Gasteiger partial charge in [0.05, 0.1) is 6.04 Å². The van der Waals surface area contributed by atoms with Crippen LogP contribution in [0.1, 0.15) is 41.4 Å². The molecule has 1 atom stereocenters. The maximum absolute atomic E-state index is 12.7. The minimum absolute atomic E-state index is 0.213. The van der Waals surface area contributed by atoms with E-state index in [0.717, 1.165) is 11.1 Å². The molecular formula is C27H28N2O4. The molecule has 0 saturated heterocycles. The lowest BCUT2D eigenvalue weighted by molar-refractivity contribution is -0.151. The Morgan fingerprint density at radius 1 is 0.727 bits per heavy atom. The standard InChI is InChI=1S/C27H28N2O4/c1-19(2)24(29-26(31)22-16-10-5-11-17-22)27(32)33-18-23(30)28-25(20-12-6-3-7-13-20)21-14-8-4-9-15-21/h3-17,19,24-25H,18H2,1-2H3,(H,28,30)(H,29,31)/t24-/m0/s1. The number of nitrogens with one attached hydrogen (secondary N) is 2. The highest BCUT2D eigenvalue weighted by atomic mass is 16.5. The molecule has 0 unspecified atom stereocenters. The van der Waals surface area contributed by atoms with Gasteiger partial charge in [0.25, 0.3) is 11.8 Å². The van der Waals surface area contributed by atoms with Gasteiger partial charge >= 0.3 is 5.97 Å². The Labute approximate surface area is 194 Å². The van der Waals surface area contributed by atoms with Crippen molar-refractivity contribution >= 4 is 17.8 Å². The normalized spacial score (nSPS) is 11.6. The van der Waals surface area contributed by atoms with Gasteiger partial charge in [0, 0.05) is 5.56 Å². The molecule has 0 aromatic heterocycles. The first kappa shape index (κ1) is 23.7. The third kappa shape index (κ3) is 6.77. The fraction of sp³-hybridized carbons (Fsp3) is 0.222. The molecule has 0 aliphatic rings. The van der Waals surface area contributed by atoms with E-state index in [4.69, 9.17) is 4.74 Å². The van der Waals surface area contributed by atoms with Crippen molar-refractivity contribution in [2.75, 3.05) is 6.61 Å². The maximum Gasteiger partial charge on any atom is 0.329 e. The quantitative estimate of drug-likeness (QED) is 0.491. The summed E-state index contributed by atoms with van der Waals surface area (Å²) in [5.74, 6) is -1.67. The molecule has 0 bridgehead atoms. The molecule has 0 aliphatic carbocycles. The summed E-state index contributed by atoms with van der Waals surface area (Å²) in [6.07, 6.45) is 0. The molecule has 6 heteroatoms. The summed E-state index contributed by atoms with van der Waals surface area (Å²) in [7, 11) is 0. The third-order valence-corrected chi connectivity index (χ3v) is 5.16. The van der Waals surface area contributed by atoms with Gasteiger partial charge in [0.1, 0.15) is 6.04 Å². The number of hydrogen-bond acceptors (Lipinski definition) is 4. The van der Waals surface area contributed by atoms with Crippen LogP contribution in [-0.2, 0) is 14.3 Å². The van der Waals surface area contributed by atoms with E-state index in [0.29, 0.717) is 5.56 Å². The highest BCUT2D eigenvalue weighted by Crippen LogP contribution is 2.21. The van der Waals surface area contributed by atoms with Gasteiger partial charge in [-0.25, -0.2) is 4.79 Å². The summed E-state index contributed by atoms with van der Waals surface area (Å²) in [6.45, 7) is 3.16. The first-order valence-electron chi connectivity index (χ1n) is 10.9. The zero-order valence-corrected chi connectivity index (χ0v) is 18.7. The summed E-state index contributed by atoms with van der Waals surface area (Å²) in [5.41, 5.74) is 2.28. The van der Waals surface area contributed by atoms with Crippen LogP contribution in [0.2, 0.25) is 0 Å². The predicted molar refractivity (Wildman–Crippen MR) is 126 cm³/mol. The topological polar surface area (TPSA) is 84.5 Å². The van der Waals surface area contributed by atoms with Crippen LogP contribution < -0.4 is 10.6 Å². The van der Waals surface area contributed by atoms with Crippen LogP contribution >= 0.6 is 0 Å². The SMILES string of the molecule is CC(C)[C@H](NC(=O)c1ccccc1)C(=O)OCC(=O)NC(c1ccccc1)c1ccccc1. The van der Waals surface area contributed by atoms with E-state index in [2.05, 4.69) is 10.6 Å². The number of carbonyl (C=O) groups is 3. The van der Waals surface area contributed by atoms with Gasteiger partial charge in [-0.3, -0.25) is 9.59 Å². The van der Waals surface area contributed by atoms with E-state index in [1.165, 1.54) is 0 Å². The number of hydrogen-bond donors (Lipinski definition) is 2. The zero-order valence-electron chi connectivity index (χ0n) is 18.7. The van der Waals surface area contributed by atoms with Crippen LogP contribution in [0.3, 0.4) is 0 Å². The number of ether oxygens (including phenoxy) is 1. The Kier molecular flexibility index (Phi) is 8.36. The lowest BCUT2D eigenvalue weighted by atomic mass is 9.99. The lowest BCUT2D eigenvalue weighted by Gasteiger charge is -2.22. The van der Waals surface area contributed by atoms with Crippen molar-refractivity contribution in [3.05, 3.63) is 108 Å². The maximum atomic E-state index is 12.7. The molecule has 3 aromatic rings.